The van der Waals surface area contributed by atoms with E-state index in [1.165, 1.54) is 10.4 Å². The Kier molecular flexibility index (Phi) is 6.45. The topological polar surface area (TPSA) is 52.7 Å². The van der Waals surface area contributed by atoms with Gasteiger partial charge in [-0.25, -0.2) is 4.79 Å². The molecule has 0 radical (unpaired) electrons. The van der Waals surface area contributed by atoms with Crippen LogP contribution < -0.4 is 5.32 Å². The summed E-state index contributed by atoms with van der Waals surface area (Å²) in [5, 5.41) is 5.16. The Morgan fingerprint density at radius 2 is 1.86 bits per heavy atom. The van der Waals surface area contributed by atoms with E-state index in [0.717, 1.165) is 55.2 Å². The second-order valence-electron chi connectivity index (χ2n) is 7.46. The Morgan fingerprint density at radius 3 is 2.59 bits per heavy atom. The van der Waals surface area contributed by atoms with E-state index in [1.54, 1.807) is 11.3 Å². The Balaban J connectivity index is 1.36. The van der Waals surface area contributed by atoms with Crippen molar-refractivity contribution in [3.8, 4) is 0 Å². The first-order chi connectivity index (χ1) is 14.2. The van der Waals surface area contributed by atoms with Crippen molar-refractivity contribution in [3.05, 3.63) is 51.7 Å². The number of hydrogen-bond acceptors (Lipinski definition) is 4. The Morgan fingerprint density at radius 1 is 1.10 bits per heavy atom. The van der Waals surface area contributed by atoms with Crippen molar-refractivity contribution in [2.45, 2.75) is 32.2 Å². The highest BCUT2D eigenvalue weighted by atomic mass is 32.2. The van der Waals surface area contributed by atoms with Gasteiger partial charge < -0.3 is 15.1 Å². The van der Waals surface area contributed by atoms with Gasteiger partial charge in [0.1, 0.15) is 0 Å². The molecule has 3 amide bonds. The first kappa shape index (κ1) is 20.3. The lowest BCUT2D eigenvalue weighted by atomic mass is 9.98. The van der Waals surface area contributed by atoms with Gasteiger partial charge in [-0.15, -0.1) is 11.3 Å². The number of urea groups is 1. The smallest absolute Gasteiger partial charge is 0.322 e. The number of nitrogens with zero attached hydrogens (tertiary/aromatic N) is 2. The first-order valence-corrected chi connectivity index (χ1v) is 12.3. The molecule has 154 valence electrons. The zero-order valence-corrected chi connectivity index (χ0v) is 18.4. The van der Waals surface area contributed by atoms with Gasteiger partial charge in [0.2, 0.25) is 5.91 Å². The zero-order chi connectivity index (χ0) is 20.2. The van der Waals surface area contributed by atoms with E-state index in [1.807, 2.05) is 45.8 Å². The van der Waals surface area contributed by atoms with Gasteiger partial charge in [-0.05, 0) is 47.5 Å². The third-order valence-electron chi connectivity index (χ3n) is 5.67. The molecule has 1 aromatic carbocycles. The largest absolute Gasteiger partial charge is 0.341 e. The minimum atomic E-state index is -0.0525. The summed E-state index contributed by atoms with van der Waals surface area (Å²) in [6, 6.07) is 9.92. The highest BCUT2D eigenvalue weighted by Crippen LogP contribution is 2.35. The van der Waals surface area contributed by atoms with Crippen molar-refractivity contribution >= 4 is 40.7 Å². The first-order valence-electron chi connectivity index (χ1n) is 10.2. The van der Waals surface area contributed by atoms with E-state index in [2.05, 4.69) is 23.7 Å². The fourth-order valence-corrected chi connectivity index (χ4v) is 5.91. The lowest BCUT2D eigenvalue weighted by molar-refractivity contribution is -0.130. The molecular weight excluding hydrogens is 402 g/mol. The molecule has 0 aliphatic carbocycles. The predicted molar refractivity (Wildman–Crippen MR) is 121 cm³/mol. The molecule has 0 bridgehead atoms. The third-order valence-corrected chi connectivity index (χ3v) is 7.61. The number of nitrogens with one attached hydrogen (secondary N) is 1. The summed E-state index contributed by atoms with van der Waals surface area (Å²) in [5.41, 5.74) is 3.05. The number of rotatable bonds is 4. The molecule has 1 unspecified atom stereocenters. The number of fused-ring (bicyclic) bond motifs is 1. The monoisotopic (exact) mass is 429 g/mol. The molecule has 5 nitrogen and oxygen atoms in total. The van der Waals surface area contributed by atoms with Crippen LogP contribution in [0.3, 0.4) is 0 Å². The van der Waals surface area contributed by atoms with Gasteiger partial charge in [-0.2, -0.15) is 11.8 Å². The molecular formula is C22H27N3O2S2. The van der Waals surface area contributed by atoms with Crippen LogP contribution in [0.25, 0.3) is 0 Å². The minimum Gasteiger partial charge on any atom is -0.341 e. The molecule has 29 heavy (non-hydrogen) atoms. The maximum Gasteiger partial charge on any atom is 0.322 e. The summed E-state index contributed by atoms with van der Waals surface area (Å²) in [7, 11) is 0. The van der Waals surface area contributed by atoms with Crippen molar-refractivity contribution in [1.82, 2.24) is 9.80 Å². The van der Waals surface area contributed by atoms with Crippen LogP contribution in [0.5, 0.6) is 0 Å². The molecule has 3 heterocycles. The second kappa shape index (κ2) is 9.22. The molecule has 7 heteroatoms. The van der Waals surface area contributed by atoms with E-state index >= 15 is 0 Å². The summed E-state index contributed by atoms with van der Waals surface area (Å²) < 4.78 is 0. The van der Waals surface area contributed by atoms with Crippen LogP contribution in [-0.4, -0.2) is 52.9 Å². The second-order valence-corrected chi connectivity index (χ2v) is 9.69. The van der Waals surface area contributed by atoms with E-state index < -0.39 is 0 Å². The van der Waals surface area contributed by atoms with Gasteiger partial charge in [0.15, 0.2) is 0 Å². The van der Waals surface area contributed by atoms with Gasteiger partial charge >= 0.3 is 6.03 Å². The maximum atomic E-state index is 12.9. The number of anilines is 1. The van der Waals surface area contributed by atoms with Crippen molar-refractivity contribution in [1.29, 1.82) is 0 Å². The molecule has 0 saturated carbocycles. The average molecular weight is 430 g/mol. The van der Waals surface area contributed by atoms with Crippen molar-refractivity contribution in [2.24, 2.45) is 0 Å². The zero-order valence-electron chi connectivity index (χ0n) is 16.7. The highest BCUT2D eigenvalue weighted by molar-refractivity contribution is 7.99. The SMILES string of the molecule is CCC1c2ccsc2CCN1C(=O)Nc1ccc(CC(=O)N2CCSCC2)cc1. The minimum absolute atomic E-state index is 0.0525. The summed E-state index contributed by atoms with van der Waals surface area (Å²) in [4.78, 5) is 30.6. The normalized spacial score (nSPS) is 19.0. The Labute approximate surface area is 180 Å². The van der Waals surface area contributed by atoms with Crippen LogP contribution in [0.2, 0.25) is 0 Å². The average Bonchev–Trinajstić information content (AvgIpc) is 3.24. The molecule has 1 atom stereocenters. The van der Waals surface area contributed by atoms with E-state index in [4.69, 9.17) is 0 Å². The molecule has 1 N–H and O–H groups in total. The van der Waals surface area contributed by atoms with Crippen molar-refractivity contribution < 1.29 is 9.59 Å². The molecule has 0 spiro atoms. The van der Waals surface area contributed by atoms with E-state index in [-0.39, 0.29) is 18.0 Å². The number of benzene rings is 1. The van der Waals surface area contributed by atoms with Crippen molar-refractivity contribution in [3.63, 3.8) is 0 Å². The number of thioether (sulfide) groups is 1. The number of thiophene rings is 1. The van der Waals surface area contributed by atoms with Gasteiger partial charge in [-0.1, -0.05) is 19.1 Å². The van der Waals surface area contributed by atoms with Gasteiger partial charge in [0, 0.05) is 41.7 Å². The fraction of sp³-hybridized carbons (Fsp3) is 0.455. The van der Waals surface area contributed by atoms with Crippen LogP contribution >= 0.6 is 23.1 Å². The summed E-state index contributed by atoms with van der Waals surface area (Å²) >= 11 is 3.69. The summed E-state index contributed by atoms with van der Waals surface area (Å²) in [6.07, 6.45) is 2.25. The predicted octanol–water partition coefficient (Wildman–Crippen LogP) is 4.41. The molecule has 1 fully saturated rings. The number of carbonyl (C=O) groups is 2. The van der Waals surface area contributed by atoms with Crippen molar-refractivity contribution in [2.75, 3.05) is 36.5 Å². The lowest BCUT2D eigenvalue weighted by Gasteiger charge is -2.35. The van der Waals surface area contributed by atoms with Crippen LogP contribution in [0, 0.1) is 0 Å². The summed E-state index contributed by atoms with van der Waals surface area (Å²) in [5.74, 6) is 2.24. The van der Waals surface area contributed by atoms with Crippen LogP contribution in [0.1, 0.15) is 35.4 Å². The summed E-state index contributed by atoms with van der Waals surface area (Å²) in [6.45, 7) is 4.57. The van der Waals surface area contributed by atoms with E-state index in [9.17, 15) is 9.59 Å². The lowest BCUT2D eigenvalue weighted by Crippen LogP contribution is -2.41. The molecule has 4 rings (SSSR count). The van der Waals surface area contributed by atoms with Crippen LogP contribution in [-0.2, 0) is 17.6 Å². The molecule has 1 saturated heterocycles. The standard InChI is InChI=1S/C22H27N3O2S2/c1-2-19-18-8-12-29-20(18)7-9-25(19)22(27)23-17-5-3-16(4-6-17)15-21(26)24-10-13-28-14-11-24/h3-6,8,12,19H,2,7,9-11,13-15H2,1H3,(H,23,27). The van der Waals surface area contributed by atoms with Gasteiger partial charge in [0.05, 0.1) is 12.5 Å². The van der Waals surface area contributed by atoms with Gasteiger partial charge in [-0.3, -0.25) is 4.79 Å². The number of amides is 3. The molecule has 1 aromatic heterocycles. The Hall–Kier alpha value is -1.99. The number of hydrogen-bond donors (Lipinski definition) is 1. The fourth-order valence-electron chi connectivity index (χ4n) is 4.08. The Bertz CT molecular complexity index is 859. The van der Waals surface area contributed by atoms with Gasteiger partial charge in [0.25, 0.3) is 0 Å². The quantitative estimate of drug-likeness (QED) is 0.783. The maximum absolute atomic E-state index is 12.9. The van der Waals surface area contributed by atoms with E-state index in [0.29, 0.717) is 6.42 Å². The molecule has 2 aliphatic heterocycles. The van der Waals surface area contributed by atoms with Crippen LogP contribution in [0.4, 0.5) is 10.5 Å². The molecule has 2 aromatic rings. The molecule has 2 aliphatic rings. The number of carbonyl (C=O) groups excluding carboxylic acids is 2. The van der Waals surface area contributed by atoms with Crippen LogP contribution in [0.15, 0.2) is 35.7 Å². The highest BCUT2D eigenvalue weighted by Gasteiger charge is 2.30. The third kappa shape index (κ3) is 4.61.